The Hall–Kier alpha value is -0.240. The largest absolute Gasteiger partial charge is 0.355 e. The van der Waals surface area contributed by atoms with Gasteiger partial charge in [0, 0.05) is 31.0 Å². The average Bonchev–Trinajstić information content (AvgIpc) is 2.54. The van der Waals surface area contributed by atoms with E-state index in [0.29, 0.717) is 25.3 Å². The highest BCUT2D eigenvalue weighted by Crippen LogP contribution is 2.09. The molecule has 6 heteroatoms. The molecule has 1 aromatic heterocycles. The molecule has 1 heterocycles. The second-order valence-electron chi connectivity index (χ2n) is 3.12. The van der Waals surface area contributed by atoms with Gasteiger partial charge >= 0.3 is 0 Å². The van der Waals surface area contributed by atoms with Gasteiger partial charge in [-0.05, 0) is 29.5 Å². The molecule has 4 nitrogen and oxygen atoms in total. The molecule has 15 heavy (non-hydrogen) atoms. The van der Waals surface area contributed by atoms with Gasteiger partial charge in [-0.1, -0.05) is 0 Å². The van der Waals surface area contributed by atoms with Crippen LogP contribution in [0.2, 0.25) is 0 Å². The maximum atomic E-state index is 11.3. The van der Waals surface area contributed by atoms with Crippen LogP contribution >= 0.6 is 35.2 Å². The minimum atomic E-state index is 0.0500. The Morgan fingerprint density at radius 3 is 3.00 bits per heavy atom. The molecule has 0 saturated carbocycles. The van der Waals surface area contributed by atoms with Gasteiger partial charge in [-0.15, -0.1) is 0 Å². The Bertz CT molecular complexity index is 340. The van der Waals surface area contributed by atoms with Gasteiger partial charge in [-0.3, -0.25) is 9.48 Å². The van der Waals surface area contributed by atoms with Crippen molar-refractivity contribution in [1.82, 2.24) is 15.1 Å². The van der Waals surface area contributed by atoms with Gasteiger partial charge in [0.25, 0.3) is 0 Å². The number of carbonyl (C=O) groups is 1. The molecule has 0 fully saturated rings. The third kappa shape index (κ3) is 4.02. The quantitative estimate of drug-likeness (QED) is 0.626. The molecule has 1 rings (SSSR count). The zero-order chi connectivity index (χ0) is 11.3. The summed E-state index contributed by atoms with van der Waals surface area (Å²) in [5.41, 5.74) is 1.11. The maximum absolute atomic E-state index is 11.3. The molecule has 0 bridgehead atoms. The molecule has 0 aliphatic rings. The number of nitrogens with zero attached hydrogens (tertiary/aromatic N) is 2. The number of hydrogen-bond acceptors (Lipinski definition) is 3. The summed E-state index contributed by atoms with van der Waals surface area (Å²) in [6.07, 6.45) is 2.27. The van der Waals surface area contributed by atoms with Gasteiger partial charge in [-0.2, -0.15) is 17.7 Å². The molecule has 0 saturated heterocycles. The first-order valence-corrected chi connectivity index (χ1v) is 6.41. The van der Waals surface area contributed by atoms with Crippen molar-refractivity contribution >= 4 is 41.1 Å². The van der Waals surface area contributed by atoms with Crippen LogP contribution in [0.1, 0.15) is 12.1 Å². The fourth-order valence-electron chi connectivity index (χ4n) is 1.14. The highest BCUT2D eigenvalue weighted by atomic mass is 127. The van der Waals surface area contributed by atoms with Crippen molar-refractivity contribution in [2.75, 3.05) is 12.3 Å². The summed E-state index contributed by atoms with van der Waals surface area (Å²) >= 11 is 6.25. The van der Waals surface area contributed by atoms with Crippen LogP contribution < -0.4 is 5.32 Å². The van der Waals surface area contributed by atoms with Crippen molar-refractivity contribution in [3.8, 4) is 0 Å². The topological polar surface area (TPSA) is 46.9 Å². The molecule has 0 radical (unpaired) electrons. The molecule has 0 atom stereocenters. The highest BCUT2D eigenvalue weighted by Gasteiger charge is 2.05. The fraction of sp³-hybridized carbons (Fsp3) is 0.556. The lowest BCUT2D eigenvalue weighted by Gasteiger charge is -2.05. The average molecular weight is 339 g/mol. The van der Waals surface area contributed by atoms with Gasteiger partial charge in [0.2, 0.25) is 5.91 Å². The number of rotatable bonds is 5. The smallest absolute Gasteiger partial charge is 0.221 e. The minimum absolute atomic E-state index is 0.0500. The maximum Gasteiger partial charge on any atom is 0.221 e. The summed E-state index contributed by atoms with van der Waals surface area (Å²) in [7, 11) is 0. The van der Waals surface area contributed by atoms with E-state index < -0.39 is 0 Å². The number of hydrogen-bond donors (Lipinski definition) is 2. The predicted octanol–water partition coefficient (Wildman–Crippen LogP) is 1.23. The number of aromatic nitrogens is 2. The summed E-state index contributed by atoms with van der Waals surface area (Å²) in [6.45, 7) is 3.26. The Labute approximate surface area is 108 Å². The van der Waals surface area contributed by atoms with E-state index in [2.05, 4.69) is 45.6 Å². The third-order valence-electron chi connectivity index (χ3n) is 2.03. The van der Waals surface area contributed by atoms with Gasteiger partial charge < -0.3 is 5.32 Å². The van der Waals surface area contributed by atoms with E-state index in [0.717, 1.165) is 9.26 Å². The van der Waals surface area contributed by atoms with Crippen LogP contribution in [0.25, 0.3) is 0 Å². The zero-order valence-corrected chi connectivity index (χ0v) is 11.6. The van der Waals surface area contributed by atoms with Crippen LogP contribution in [0, 0.1) is 10.5 Å². The number of aryl methyl sites for hydroxylation is 1. The predicted molar refractivity (Wildman–Crippen MR) is 71.2 cm³/mol. The summed E-state index contributed by atoms with van der Waals surface area (Å²) in [4.78, 5) is 11.3. The second kappa shape index (κ2) is 6.37. The molecule has 0 aliphatic heterocycles. The van der Waals surface area contributed by atoms with Crippen LogP contribution in [0.3, 0.4) is 0 Å². The Kier molecular flexibility index (Phi) is 5.44. The number of carbonyl (C=O) groups excluding carboxylic acids is 1. The molecule has 0 unspecified atom stereocenters. The van der Waals surface area contributed by atoms with Crippen molar-refractivity contribution in [2.45, 2.75) is 19.9 Å². The lowest BCUT2D eigenvalue weighted by molar-refractivity contribution is -0.121. The van der Waals surface area contributed by atoms with Crippen LogP contribution in [-0.2, 0) is 11.3 Å². The number of amides is 1. The van der Waals surface area contributed by atoms with E-state index in [9.17, 15) is 4.79 Å². The fourth-order valence-corrected chi connectivity index (χ4v) is 1.66. The Balaban J connectivity index is 2.37. The van der Waals surface area contributed by atoms with Crippen molar-refractivity contribution in [3.63, 3.8) is 0 Å². The van der Waals surface area contributed by atoms with E-state index in [1.54, 1.807) is 0 Å². The first-order chi connectivity index (χ1) is 7.15. The molecule has 1 aromatic rings. The summed E-state index contributed by atoms with van der Waals surface area (Å²) in [6, 6.07) is 0. The van der Waals surface area contributed by atoms with Crippen molar-refractivity contribution < 1.29 is 4.79 Å². The van der Waals surface area contributed by atoms with Crippen molar-refractivity contribution in [2.24, 2.45) is 0 Å². The van der Waals surface area contributed by atoms with E-state index in [-0.39, 0.29) is 5.91 Å². The van der Waals surface area contributed by atoms with Crippen molar-refractivity contribution in [3.05, 3.63) is 15.5 Å². The Morgan fingerprint density at radius 2 is 2.47 bits per heavy atom. The summed E-state index contributed by atoms with van der Waals surface area (Å²) < 4.78 is 2.98. The van der Waals surface area contributed by atoms with Gasteiger partial charge in [-0.25, -0.2) is 0 Å². The van der Waals surface area contributed by atoms with Gasteiger partial charge in [0.05, 0.1) is 9.77 Å². The number of halogens is 1. The minimum Gasteiger partial charge on any atom is -0.355 e. The van der Waals surface area contributed by atoms with E-state index in [1.807, 2.05) is 17.8 Å². The lowest BCUT2D eigenvalue weighted by atomic mass is 10.4. The monoisotopic (exact) mass is 339 g/mol. The van der Waals surface area contributed by atoms with Crippen LogP contribution in [0.15, 0.2) is 6.20 Å². The highest BCUT2D eigenvalue weighted by molar-refractivity contribution is 14.1. The zero-order valence-electron chi connectivity index (χ0n) is 8.53. The molecule has 0 spiro atoms. The van der Waals surface area contributed by atoms with E-state index >= 15 is 0 Å². The van der Waals surface area contributed by atoms with Gasteiger partial charge in [0.15, 0.2) is 0 Å². The lowest BCUT2D eigenvalue weighted by Crippen LogP contribution is -2.26. The number of nitrogens with one attached hydrogen (secondary N) is 1. The van der Waals surface area contributed by atoms with Crippen LogP contribution in [0.5, 0.6) is 0 Å². The SMILES string of the molecule is Cc1c(I)cnn1CCC(=O)NCCS. The molecular weight excluding hydrogens is 325 g/mol. The second-order valence-corrected chi connectivity index (χ2v) is 4.73. The van der Waals surface area contributed by atoms with E-state index in [4.69, 9.17) is 0 Å². The van der Waals surface area contributed by atoms with E-state index in [1.165, 1.54) is 0 Å². The third-order valence-corrected chi connectivity index (χ3v) is 3.31. The molecule has 0 aliphatic carbocycles. The van der Waals surface area contributed by atoms with Crippen LogP contribution in [0.4, 0.5) is 0 Å². The first kappa shape index (κ1) is 12.8. The van der Waals surface area contributed by atoms with Gasteiger partial charge in [0.1, 0.15) is 0 Å². The molecular formula is C9H14IN3OS. The standard InChI is InChI=1S/C9H14IN3OS/c1-7-8(10)6-12-13(7)4-2-9(14)11-3-5-15/h6,15H,2-5H2,1H3,(H,11,14). The van der Waals surface area contributed by atoms with Crippen LogP contribution in [-0.4, -0.2) is 28.0 Å². The summed E-state index contributed by atoms with van der Waals surface area (Å²) in [5, 5.41) is 6.95. The Morgan fingerprint density at radius 1 is 1.73 bits per heavy atom. The molecule has 1 amide bonds. The molecule has 1 N–H and O–H groups in total. The molecule has 84 valence electrons. The number of thiol groups is 1. The molecule has 0 aromatic carbocycles. The summed E-state index contributed by atoms with van der Waals surface area (Å²) in [5.74, 6) is 0.721. The van der Waals surface area contributed by atoms with Crippen molar-refractivity contribution in [1.29, 1.82) is 0 Å². The normalized spacial score (nSPS) is 10.3. The first-order valence-electron chi connectivity index (χ1n) is 4.70.